The zero-order chi connectivity index (χ0) is 23.5. The Bertz CT molecular complexity index is 1070. The van der Waals surface area contributed by atoms with Gasteiger partial charge in [0.25, 0.3) is 5.91 Å². The monoisotopic (exact) mass is 465 g/mol. The maximum atomic E-state index is 12.7. The molecular formula is C26H24ClNO5. The van der Waals surface area contributed by atoms with E-state index in [-0.39, 0.29) is 36.6 Å². The van der Waals surface area contributed by atoms with Crippen molar-refractivity contribution in [3.8, 4) is 0 Å². The van der Waals surface area contributed by atoms with Crippen molar-refractivity contribution in [1.82, 2.24) is 5.32 Å². The van der Waals surface area contributed by atoms with Crippen LogP contribution in [0.15, 0.2) is 84.9 Å². The Morgan fingerprint density at radius 1 is 0.758 bits per heavy atom. The molecule has 170 valence electrons. The van der Waals surface area contributed by atoms with Crippen molar-refractivity contribution in [2.24, 2.45) is 0 Å². The molecule has 1 atom stereocenters. The van der Waals surface area contributed by atoms with Crippen LogP contribution < -0.4 is 5.32 Å². The van der Waals surface area contributed by atoms with Crippen LogP contribution in [-0.4, -0.2) is 23.9 Å². The SMILES string of the molecule is O=C(CC[C@@H](NC(=O)c1ccccc1Cl)C(=O)OCc1ccccc1)OCc1ccccc1. The molecule has 7 heteroatoms. The van der Waals surface area contributed by atoms with Crippen LogP contribution in [0.3, 0.4) is 0 Å². The second-order valence-electron chi connectivity index (χ2n) is 7.28. The molecule has 0 unspecified atom stereocenters. The first-order chi connectivity index (χ1) is 16.0. The first kappa shape index (κ1) is 24.0. The molecule has 0 saturated carbocycles. The molecule has 0 spiro atoms. The number of nitrogens with one attached hydrogen (secondary N) is 1. The average molecular weight is 466 g/mol. The number of amides is 1. The van der Waals surface area contributed by atoms with Crippen LogP contribution in [0, 0.1) is 0 Å². The molecule has 33 heavy (non-hydrogen) atoms. The molecule has 1 N–H and O–H groups in total. The Hall–Kier alpha value is -3.64. The number of rotatable bonds is 10. The summed E-state index contributed by atoms with van der Waals surface area (Å²) in [6, 6.07) is 23.9. The molecule has 6 nitrogen and oxygen atoms in total. The van der Waals surface area contributed by atoms with Gasteiger partial charge in [-0.05, 0) is 29.7 Å². The highest BCUT2D eigenvalue weighted by Crippen LogP contribution is 2.16. The second kappa shape index (κ2) is 12.4. The van der Waals surface area contributed by atoms with E-state index in [0.29, 0.717) is 0 Å². The number of hydrogen-bond donors (Lipinski definition) is 1. The highest BCUT2D eigenvalue weighted by molar-refractivity contribution is 6.33. The largest absolute Gasteiger partial charge is 0.461 e. The van der Waals surface area contributed by atoms with Gasteiger partial charge in [-0.2, -0.15) is 0 Å². The van der Waals surface area contributed by atoms with Crippen molar-refractivity contribution in [2.45, 2.75) is 32.1 Å². The van der Waals surface area contributed by atoms with Gasteiger partial charge >= 0.3 is 11.9 Å². The molecule has 0 radical (unpaired) electrons. The van der Waals surface area contributed by atoms with E-state index in [1.807, 2.05) is 60.7 Å². The van der Waals surface area contributed by atoms with Crippen LogP contribution >= 0.6 is 11.6 Å². The lowest BCUT2D eigenvalue weighted by Gasteiger charge is -2.18. The molecule has 0 aromatic heterocycles. The fraction of sp³-hybridized carbons (Fsp3) is 0.192. The van der Waals surface area contributed by atoms with E-state index < -0.39 is 23.9 Å². The molecule has 0 aliphatic rings. The van der Waals surface area contributed by atoms with Gasteiger partial charge in [0.05, 0.1) is 10.6 Å². The van der Waals surface area contributed by atoms with Crippen LogP contribution in [0.1, 0.15) is 34.3 Å². The molecular weight excluding hydrogens is 442 g/mol. The number of benzene rings is 3. The molecule has 3 rings (SSSR count). The summed E-state index contributed by atoms with van der Waals surface area (Å²) in [4.78, 5) is 37.7. The Morgan fingerprint density at radius 2 is 1.30 bits per heavy atom. The predicted octanol–water partition coefficient (Wildman–Crippen LogP) is 4.71. The summed E-state index contributed by atoms with van der Waals surface area (Å²) in [6.07, 6.45) is -0.0435. The van der Waals surface area contributed by atoms with Gasteiger partial charge in [-0.3, -0.25) is 9.59 Å². The quantitative estimate of drug-likeness (QED) is 0.439. The minimum Gasteiger partial charge on any atom is -0.461 e. The fourth-order valence-corrected chi connectivity index (χ4v) is 3.25. The highest BCUT2D eigenvalue weighted by atomic mass is 35.5. The van der Waals surface area contributed by atoms with Gasteiger partial charge in [0.15, 0.2) is 0 Å². The molecule has 1 amide bonds. The maximum absolute atomic E-state index is 12.7. The normalized spacial score (nSPS) is 11.3. The lowest BCUT2D eigenvalue weighted by Crippen LogP contribution is -2.42. The van der Waals surface area contributed by atoms with Gasteiger partial charge in [0.2, 0.25) is 0 Å². The topological polar surface area (TPSA) is 81.7 Å². The van der Waals surface area contributed by atoms with Gasteiger partial charge < -0.3 is 14.8 Å². The van der Waals surface area contributed by atoms with Crippen molar-refractivity contribution in [1.29, 1.82) is 0 Å². The van der Waals surface area contributed by atoms with E-state index in [0.717, 1.165) is 11.1 Å². The Balaban J connectivity index is 1.61. The van der Waals surface area contributed by atoms with E-state index >= 15 is 0 Å². The molecule has 0 fully saturated rings. The number of carbonyl (C=O) groups excluding carboxylic acids is 3. The second-order valence-corrected chi connectivity index (χ2v) is 7.69. The summed E-state index contributed by atoms with van der Waals surface area (Å²) in [7, 11) is 0. The average Bonchev–Trinajstić information content (AvgIpc) is 2.85. The van der Waals surface area contributed by atoms with Gasteiger partial charge in [-0.25, -0.2) is 4.79 Å². The number of esters is 2. The third kappa shape index (κ3) is 7.77. The summed E-state index contributed by atoms with van der Waals surface area (Å²) < 4.78 is 10.7. The van der Waals surface area contributed by atoms with Crippen molar-refractivity contribution >= 4 is 29.4 Å². The van der Waals surface area contributed by atoms with Crippen LogP contribution in [0.5, 0.6) is 0 Å². The summed E-state index contributed by atoms with van der Waals surface area (Å²) in [6.45, 7) is 0.186. The number of ether oxygens (including phenoxy) is 2. The van der Waals surface area contributed by atoms with Gasteiger partial charge in [0.1, 0.15) is 19.3 Å². The molecule has 0 saturated heterocycles. The van der Waals surface area contributed by atoms with E-state index in [1.165, 1.54) is 0 Å². The summed E-state index contributed by atoms with van der Waals surface area (Å²) in [5, 5.41) is 2.89. The van der Waals surface area contributed by atoms with Crippen LogP contribution in [0.2, 0.25) is 5.02 Å². The van der Waals surface area contributed by atoms with Crippen molar-refractivity contribution in [3.05, 3.63) is 107 Å². The standard InChI is InChI=1S/C26H24ClNO5/c27-22-14-8-7-13-21(22)25(30)28-23(26(31)33-18-20-11-5-2-6-12-20)15-16-24(29)32-17-19-9-3-1-4-10-19/h1-14,23H,15-18H2,(H,28,30)/t23-/m1/s1. The lowest BCUT2D eigenvalue weighted by molar-refractivity contribution is -0.148. The molecule has 3 aromatic carbocycles. The Labute approximate surface area is 197 Å². The minimum atomic E-state index is -1.04. The lowest BCUT2D eigenvalue weighted by atomic mass is 10.1. The third-order valence-electron chi connectivity index (χ3n) is 4.81. The summed E-state index contributed by atoms with van der Waals surface area (Å²) in [5.74, 6) is -1.65. The van der Waals surface area contributed by atoms with Crippen LogP contribution in [0.4, 0.5) is 0 Å². The number of carbonyl (C=O) groups is 3. The molecule has 0 aliphatic carbocycles. The summed E-state index contributed by atoms with van der Waals surface area (Å²) in [5.41, 5.74) is 1.90. The van der Waals surface area contributed by atoms with Gasteiger partial charge in [-0.15, -0.1) is 0 Å². The Kier molecular flexibility index (Phi) is 9.03. The van der Waals surface area contributed by atoms with Gasteiger partial charge in [0, 0.05) is 6.42 Å². The van der Waals surface area contributed by atoms with Crippen molar-refractivity contribution in [3.63, 3.8) is 0 Å². The molecule has 0 bridgehead atoms. The van der Waals surface area contributed by atoms with Crippen LogP contribution in [-0.2, 0) is 32.3 Å². The summed E-state index contributed by atoms with van der Waals surface area (Å²) >= 11 is 6.10. The molecule has 0 aliphatic heterocycles. The first-order valence-electron chi connectivity index (χ1n) is 10.5. The zero-order valence-electron chi connectivity index (χ0n) is 17.9. The van der Waals surface area contributed by atoms with Gasteiger partial charge in [-0.1, -0.05) is 84.4 Å². The van der Waals surface area contributed by atoms with E-state index in [9.17, 15) is 14.4 Å². The fourth-order valence-electron chi connectivity index (χ4n) is 3.03. The van der Waals surface area contributed by atoms with E-state index in [2.05, 4.69) is 5.32 Å². The van der Waals surface area contributed by atoms with E-state index in [4.69, 9.17) is 21.1 Å². The number of halogens is 1. The zero-order valence-corrected chi connectivity index (χ0v) is 18.7. The highest BCUT2D eigenvalue weighted by Gasteiger charge is 2.25. The predicted molar refractivity (Wildman–Crippen MR) is 124 cm³/mol. The smallest absolute Gasteiger partial charge is 0.328 e. The Morgan fingerprint density at radius 3 is 1.91 bits per heavy atom. The van der Waals surface area contributed by atoms with Crippen molar-refractivity contribution in [2.75, 3.05) is 0 Å². The molecule has 0 heterocycles. The number of hydrogen-bond acceptors (Lipinski definition) is 5. The van der Waals surface area contributed by atoms with E-state index in [1.54, 1.807) is 24.3 Å². The maximum Gasteiger partial charge on any atom is 0.328 e. The molecule has 3 aromatic rings. The van der Waals surface area contributed by atoms with Crippen LogP contribution in [0.25, 0.3) is 0 Å². The minimum absolute atomic E-state index is 0.0252. The first-order valence-corrected chi connectivity index (χ1v) is 10.9. The third-order valence-corrected chi connectivity index (χ3v) is 5.14. The van der Waals surface area contributed by atoms with Crippen molar-refractivity contribution < 1.29 is 23.9 Å².